The fourth-order valence-corrected chi connectivity index (χ4v) is 37.8. The van der Waals surface area contributed by atoms with Crippen LogP contribution in [0.25, 0.3) is 0 Å². The molecule has 264 valence electrons. The van der Waals surface area contributed by atoms with Crippen molar-refractivity contribution in [3.63, 3.8) is 0 Å². The fourth-order valence-electron chi connectivity index (χ4n) is 12.1. The van der Waals surface area contributed by atoms with Crippen LogP contribution >= 0.6 is 0 Å². The Hall–Kier alpha value is 0.441. The highest BCUT2D eigenvalue weighted by Crippen LogP contribution is 2.64. The zero-order valence-corrected chi connectivity index (χ0v) is 32.7. The molecule has 0 aromatic rings. The molecular weight excluding hydrogens is 645 g/mol. The van der Waals surface area contributed by atoms with Crippen LogP contribution in [-0.4, -0.2) is 43.9 Å². The number of rotatable bonds is 7. The Morgan fingerprint density at radius 3 is 0.783 bits per heavy atom. The van der Waals surface area contributed by atoms with Gasteiger partial charge in [0.1, 0.15) is 0 Å². The average molecular weight is 710 g/mol. The van der Waals surface area contributed by atoms with Gasteiger partial charge in [0.25, 0.3) is 0 Å². The van der Waals surface area contributed by atoms with Crippen LogP contribution in [0.3, 0.4) is 0 Å². The molecule has 0 aromatic carbocycles. The lowest BCUT2D eigenvalue weighted by molar-refractivity contribution is 0.133. The van der Waals surface area contributed by atoms with Crippen LogP contribution < -0.4 is 0 Å². The van der Waals surface area contributed by atoms with Gasteiger partial charge in [0, 0.05) is 38.5 Å². The monoisotopic (exact) mass is 709 g/mol. The molecule has 1 saturated heterocycles. The van der Waals surface area contributed by atoms with Crippen LogP contribution in [0.2, 0.25) is 33.2 Å². The summed E-state index contributed by atoms with van der Waals surface area (Å²) in [5.74, 6) is 0. The van der Waals surface area contributed by atoms with Crippen molar-refractivity contribution in [3.05, 3.63) is 0 Å². The van der Waals surface area contributed by atoms with Gasteiger partial charge in [0.15, 0.2) is 0 Å². The lowest BCUT2D eigenvalue weighted by Crippen LogP contribution is -2.77. The first-order chi connectivity index (χ1) is 22.4. The van der Waals surface area contributed by atoms with Gasteiger partial charge in [-0.3, -0.25) is 0 Å². The highest BCUT2D eigenvalue weighted by Gasteiger charge is 2.73. The summed E-state index contributed by atoms with van der Waals surface area (Å²) in [6.07, 6.45) is 35.3. The quantitative estimate of drug-likeness (QED) is 0.193. The molecule has 0 radical (unpaired) electrons. The van der Waals surface area contributed by atoms with E-state index in [4.69, 9.17) is 12.3 Å². The summed E-state index contributed by atoms with van der Waals surface area (Å²) in [6, 6.07) is 0. The Labute approximate surface area is 284 Å². The predicted molar refractivity (Wildman–Crippen MR) is 190 cm³/mol. The third-order valence-corrected chi connectivity index (χ3v) is 33.7. The Morgan fingerprint density at radius 2 is 0.565 bits per heavy atom. The first kappa shape index (κ1) is 34.9. The first-order valence-corrected chi connectivity index (χ1v) is 27.8. The van der Waals surface area contributed by atoms with Crippen molar-refractivity contribution in [2.75, 3.05) is 0 Å². The van der Waals surface area contributed by atoms with Crippen LogP contribution in [0.15, 0.2) is 0 Å². The molecule has 10 heteroatoms. The van der Waals surface area contributed by atoms with Crippen LogP contribution in [0, 0.1) is 0 Å². The third-order valence-electron chi connectivity index (χ3n) is 14.5. The number of hydrogen-bond acceptors (Lipinski definition) is 6. The van der Waals surface area contributed by atoms with E-state index in [0.717, 1.165) is 12.8 Å². The van der Waals surface area contributed by atoms with Crippen molar-refractivity contribution in [2.24, 2.45) is 0 Å². The Balaban J connectivity index is 1.40. The summed E-state index contributed by atoms with van der Waals surface area (Å²) in [5.41, 5.74) is 3.22. The Bertz CT molecular complexity index is 999. The molecule has 7 aliphatic rings. The second kappa shape index (κ2) is 15.0. The van der Waals surface area contributed by atoms with E-state index in [9.17, 15) is 13.0 Å². The average Bonchev–Trinajstić information content (AvgIpc) is 3.13. The summed E-state index contributed by atoms with van der Waals surface area (Å²) in [5, 5.41) is -0.724. The molecule has 46 heavy (non-hydrogen) atoms. The van der Waals surface area contributed by atoms with Crippen molar-refractivity contribution in [3.8, 4) is 0 Å². The number of hydrogen-bond donors (Lipinski definition) is 0. The third kappa shape index (κ3) is 6.88. The van der Waals surface area contributed by atoms with E-state index in [1.165, 1.54) is 161 Å². The maximum absolute atomic E-state index is 12.3. The molecule has 6 aliphatic carbocycles. The molecule has 0 spiro atoms. The molecular formula is C36H65O6SSi3-. The minimum Gasteiger partial charge on any atom is -0.748 e. The van der Waals surface area contributed by atoms with Crippen LogP contribution in [0.4, 0.5) is 0 Å². The van der Waals surface area contributed by atoms with Crippen molar-refractivity contribution in [1.82, 2.24) is 0 Å². The lowest BCUT2D eigenvalue weighted by Gasteiger charge is -2.65. The van der Waals surface area contributed by atoms with E-state index < -0.39 is 41.1 Å². The van der Waals surface area contributed by atoms with Gasteiger partial charge < -0.3 is 16.9 Å². The molecule has 7 fully saturated rings. The highest BCUT2D eigenvalue weighted by atomic mass is 32.2. The molecule has 1 aliphatic heterocycles. The van der Waals surface area contributed by atoms with Gasteiger partial charge in [-0.15, -0.1) is 0 Å². The van der Waals surface area contributed by atoms with Crippen molar-refractivity contribution in [2.45, 2.75) is 225 Å². The van der Waals surface area contributed by atoms with Gasteiger partial charge in [-0.05, 0) is 89.9 Å². The van der Waals surface area contributed by atoms with Crippen LogP contribution in [0.1, 0.15) is 186 Å². The smallest absolute Gasteiger partial charge is 0.327 e. The van der Waals surface area contributed by atoms with Crippen molar-refractivity contribution in [1.29, 1.82) is 0 Å². The minimum absolute atomic E-state index is 0.315. The van der Waals surface area contributed by atoms with Gasteiger partial charge in [-0.1, -0.05) is 96.3 Å². The maximum atomic E-state index is 12.3. The van der Waals surface area contributed by atoms with E-state index in [-0.39, 0.29) is 0 Å². The van der Waals surface area contributed by atoms with Gasteiger partial charge in [0.05, 0.1) is 10.1 Å². The molecule has 0 amide bonds. The van der Waals surface area contributed by atoms with E-state index in [1.54, 1.807) is 0 Å². The van der Waals surface area contributed by atoms with Crippen molar-refractivity contribution >= 4 is 35.8 Å². The summed E-state index contributed by atoms with van der Waals surface area (Å²) < 4.78 is 62.1. The molecule has 7 rings (SSSR count). The zero-order chi connectivity index (χ0) is 31.7. The second-order valence-corrected chi connectivity index (χ2v) is 30.4. The molecule has 0 N–H and O–H groups in total. The van der Waals surface area contributed by atoms with Gasteiger partial charge in [-0.25, -0.2) is 8.42 Å². The lowest BCUT2D eigenvalue weighted by atomic mass is 9.99. The Morgan fingerprint density at radius 1 is 0.348 bits per heavy atom. The van der Waals surface area contributed by atoms with Gasteiger partial charge in [0.2, 0.25) is 0 Å². The van der Waals surface area contributed by atoms with Crippen LogP contribution in [-0.2, 0) is 22.5 Å². The summed E-state index contributed by atoms with van der Waals surface area (Å²) in [6.45, 7) is 0. The van der Waals surface area contributed by atoms with Crippen molar-refractivity contribution < 1.29 is 25.3 Å². The Kier molecular flexibility index (Phi) is 11.3. The fraction of sp³-hybridized carbons (Fsp3) is 1.00. The highest BCUT2D eigenvalue weighted by molar-refractivity contribution is 7.86. The standard InChI is InChI=1S/C36H66O6SSi3/c37-43(38,39)30-26-28-36(29-27-30)46(35-24-14-5-15-25-35)41-44(31-16-6-1-7-17-31,32-18-8-2-9-19-32)40-45(42-46,33-20-10-3-11-21-33)34-22-12-4-13-23-34/h30-36H,1-29H2,(H,37,38,39)/p-1. The summed E-state index contributed by atoms with van der Waals surface area (Å²) in [4.78, 5) is 0. The van der Waals surface area contributed by atoms with E-state index in [2.05, 4.69) is 0 Å². The normalized spacial score (nSPS) is 34.7. The largest absolute Gasteiger partial charge is 0.748 e. The molecule has 6 nitrogen and oxygen atoms in total. The maximum Gasteiger partial charge on any atom is 0.327 e. The van der Waals surface area contributed by atoms with E-state index >= 15 is 0 Å². The minimum atomic E-state index is -4.26. The molecule has 1 heterocycles. The summed E-state index contributed by atoms with van der Waals surface area (Å²) >= 11 is 0. The summed E-state index contributed by atoms with van der Waals surface area (Å²) in [7, 11) is -12.6. The molecule has 0 bridgehead atoms. The SMILES string of the molecule is O=S(=O)([O-])C1CCC([Si]2(C3CCCCC3)O[Si](C3CCCCC3)(C3CCCCC3)O[Si](C3CCCCC3)(C3CCCCC3)O2)CC1. The van der Waals surface area contributed by atoms with E-state index in [1.807, 2.05) is 0 Å². The van der Waals surface area contributed by atoms with Gasteiger partial charge in [-0.2, -0.15) is 0 Å². The molecule has 0 atom stereocenters. The topological polar surface area (TPSA) is 84.9 Å². The molecule has 0 aromatic heterocycles. The predicted octanol–water partition coefficient (Wildman–Crippen LogP) is 10.9. The van der Waals surface area contributed by atoms with E-state index in [0.29, 0.717) is 46.1 Å². The van der Waals surface area contributed by atoms with Gasteiger partial charge >= 0.3 is 25.7 Å². The van der Waals surface area contributed by atoms with Crippen LogP contribution in [0.5, 0.6) is 0 Å². The molecule has 0 unspecified atom stereocenters. The zero-order valence-electron chi connectivity index (χ0n) is 28.9. The first-order valence-electron chi connectivity index (χ1n) is 20.4. The second-order valence-electron chi connectivity index (χ2n) is 17.1. The molecule has 6 saturated carbocycles.